The summed E-state index contributed by atoms with van der Waals surface area (Å²) in [5.74, 6) is 0.243. The van der Waals surface area contributed by atoms with Crippen LogP contribution in [0.3, 0.4) is 0 Å². The smallest absolute Gasteiger partial charge is 0.287 e. The van der Waals surface area contributed by atoms with Crippen molar-refractivity contribution in [2.45, 2.75) is 0 Å². The van der Waals surface area contributed by atoms with E-state index in [9.17, 15) is 4.79 Å². The molecule has 0 fully saturated rings. The van der Waals surface area contributed by atoms with Gasteiger partial charge in [0.25, 0.3) is 5.91 Å². The van der Waals surface area contributed by atoms with Gasteiger partial charge in [-0.05, 0) is 14.1 Å². The molecule has 1 aromatic heterocycles. The summed E-state index contributed by atoms with van der Waals surface area (Å²) in [6.45, 7) is 2.57. The largest absolute Gasteiger partial charge is 0.378 e. The molecule has 0 saturated heterocycles. The molecule has 1 amide bonds. The molecule has 96 valence electrons. The van der Waals surface area contributed by atoms with Gasteiger partial charge in [0.05, 0.1) is 13.2 Å². The average Bonchev–Trinajstić information content (AvgIpc) is 2.69. The molecule has 0 aliphatic rings. The lowest BCUT2D eigenvalue weighted by Crippen LogP contribution is -2.30. The molecule has 0 spiro atoms. The normalized spacial score (nSPS) is 10.8. The van der Waals surface area contributed by atoms with E-state index in [1.807, 2.05) is 19.0 Å². The molecule has 1 N–H and O–H groups in total. The van der Waals surface area contributed by atoms with E-state index in [0.29, 0.717) is 25.6 Å². The third kappa shape index (κ3) is 4.97. The summed E-state index contributed by atoms with van der Waals surface area (Å²) in [6, 6.07) is 0. The van der Waals surface area contributed by atoms with E-state index in [0.717, 1.165) is 6.54 Å². The van der Waals surface area contributed by atoms with Crippen molar-refractivity contribution in [1.82, 2.24) is 19.8 Å². The van der Waals surface area contributed by atoms with Gasteiger partial charge in [0.15, 0.2) is 5.82 Å². The monoisotopic (exact) mass is 240 g/mol. The summed E-state index contributed by atoms with van der Waals surface area (Å²) < 4.78 is 7.04. The summed E-state index contributed by atoms with van der Waals surface area (Å²) >= 11 is 0. The summed E-state index contributed by atoms with van der Waals surface area (Å²) in [5, 5.41) is 2.75. The van der Waals surface area contributed by atoms with Gasteiger partial charge in [0, 0.05) is 32.5 Å². The van der Waals surface area contributed by atoms with Crippen LogP contribution in [0.5, 0.6) is 0 Å². The second-order valence-corrected chi connectivity index (χ2v) is 4.03. The van der Waals surface area contributed by atoms with Crippen LogP contribution in [0.25, 0.3) is 0 Å². The molecule has 6 nitrogen and oxygen atoms in total. The van der Waals surface area contributed by atoms with Crippen LogP contribution in [0.1, 0.15) is 10.6 Å². The van der Waals surface area contributed by atoms with Crippen LogP contribution in [0, 0.1) is 0 Å². The van der Waals surface area contributed by atoms with Gasteiger partial charge >= 0.3 is 0 Å². The number of carbonyl (C=O) groups excluding carboxylic acids is 1. The Balaban J connectivity index is 2.11. The molecule has 0 atom stereocenters. The Labute approximate surface area is 102 Å². The summed E-state index contributed by atoms with van der Waals surface area (Å²) in [6.07, 6.45) is 3.34. The first-order valence-corrected chi connectivity index (χ1v) is 5.59. The number of aryl methyl sites for hydroxylation is 1. The number of nitrogens with zero attached hydrogens (tertiary/aromatic N) is 3. The van der Waals surface area contributed by atoms with Gasteiger partial charge < -0.3 is 19.5 Å². The highest BCUT2D eigenvalue weighted by Gasteiger charge is 2.09. The minimum absolute atomic E-state index is 0.172. The van der Waals surface area contributed by atoms with Crippen molar-refractivity contribution in [2.24, 2.45) is 7.05 Å². The molecule has 1 heterocycles. The van der Waals surface area contributed by atoms with E-state index in [1.165, 1.54) is 0 Å². The van der Waals surface area contributed by atoms with Gasteiger partial charge in [-0.3, -0.25) is 4.79 Å². The van der Waals surface area contributed by atoms with Crippen molar-refractivity contribution in [3.63, 3.8) is 0 Å². The average molecular weight is 240 g/mol. The fourth-order valence-electron chi connectivity index (χ4n) is 1.25. The van der Waals surface area contributed by atoms with Crippen molar-refractivity contribution in [1.29, 1.82) is 0 Å². The van der Waals surface area contributed by atoms with E-state index in [2.05, 4.69) is 10.3 Å². The Hall–Kier alpha value is -1.40. The second-order valence-electron chi connectivity index (χ2n) is 4.03. The van der Waals surface area contributed by atoms with Gasteiger partial charge in [-0.1, -0.05) is 0 Å². The van der Waals surface area contributed by atoms with Gasteiger partial charge in [-0.15, -0.1) is 0 Å². The Morgan fingerprint density at radius 1 is 1.53 bits per heavy atom. The maximum Gasteiger partial charge on any atom is 0.287 e. The number of carbonyl (C=O) groups is 1. The zero-order chi connectivity index (χ0) is 12.7. The second kappa shape index (κ2) is 7.03. The Bertz CT molecular complexity index is 349. The predicted octanol–water partition coefficient (Wildman–Crippen LogP) is -0.272. The number of imidazole rings is 1. The molecule has 17 heavy (non-hydrogen) atoms. The summed E-state index contributed by atoms with van der Waals surface area (Å²) in [5.41, 5.74) is 0. The fraction of sp³-hybridized carbons (Fsp3) is 0.636. The number of hydrogen-bond donors (Lipinski definition) is 1. The Morgan fingerprint density at radius 2 is 2.29 bits per heavy atom. The molecule has 1 aromatic rings. The van der Waals surface area contributed by atoms with E-state index in [1.54, 1.807) is 24.0 Å². The Morgan fingerprint density at radius 3 is 2.88 bits per heavy atom. The van der Waals surface area contributed by atoms with Crippen LogP contribution >= 0.6 is 0 Å². The van der Waals surface area contributed by atoms with Gasteiger partial charge in [0.1, 0.15) is 0 Å². The number of amides is 1. The lowest BCUT2D eigenvalue weighted by molar-refractivity contribution is 0.0888. The summed E-state index contributed by atoms with van der Waals surface area (Å²) in [7, 11) is 5.77. The van der Waals surface area contributed by atoms with Gasteiger partial charge in [0.2, 0.25) is 0 Å². The molecule has 0 aromatic carbocycles. The van der Waals surface area contributed by atoms with Crippen LogP contribution in [0.4, 0.5) is 0 Å². The first-order valence-electron chi connectivity index (χ1n) is 5.59. The molecule has 1 rings (SSSR count). The molecule has 0 unspecified atom stereocenters. The molecule has 0 aliphatic carbocycles. The minimum Gasteiger partial charge on any atom is -0.378 e. The van der Waals surface area contributed by atoms with Crippen LogP contribution in [-0.2, 0) is 11.8 Å². The number of rotatable bonds is 7. The number of hydrogen-bond acceptors (Lipinski definition) is 4. The standard InChI is InChI=1S/C11H20N4O2/c1-14(2)7-9-17-8-5-13-11(16)10-12-4-6-15(10)3/h4,6H,5,7-9H2,1-3H3,(H,13,16). The molecular weight excluding hydrogens is 220 g/mol. The maximum atomic E-state index is 11.6. The number of ether oxygens (including phenoxy) is 1. The molecule has 0 bridgehead atoms. The number of aromatic nitrogens is 2. The molecule has 0 radical (unpaired) electrons. The van der Waals surface area contributed by atoms with Crippen molar-refractivity contribution < 1.29 is 9.53 Å². The fourth-order valence-corrected chi connectivity index (χ4v) is 1.25. The SMILES string of the molecule is CN(C)CCOCCNC(=O)c1nccn1C. The van der Waals surface area contributed by atoms with E-state index in [4.69, 9.17) is 4.74 Å². The van der Waals surface area contributed by atoms with Crippen LogP contribution in [0.2, 0.25) is 0 Å². The van der Waals surface area contributed by atoms with Crippen LogP contribution in [0.15, 0.2) is 12.4 Å². The third-order valence-corrected chi connectivity index (χ3v) is 2.24. The highest BCUT2D eigenvalue weighted by molar-refractivity contribution is 5.90. The molecule has 6 heteroatoms. The van der Waals surface area contributed by atoms with E-state index < -0.39 is 0 Å². The van der Waals surface area contributed by atoms with E-state index in [-0.39, 0.29) is 5.91 Å². The lowest BCUT2D eigenvalue weighted by atomic mass is 10.5. The predicted molar refractivity (Wildman–Crippen MR) is 64.9 cm³/mol. The third-order valence-electron chi connectivity index (χ3n) is 2.24. The van der Waals surface area contributed by atoms with E-state index >= 15 is 0 Å². The highest BCUT2D eigenvalue weighted by Crippen LogP contribution is 1.92. The first-order chi connectivity index (χ1) is 8.11. The minimum atomic E-state index is -0.172. The van der Waals surface area contributed by atoms with Crippen LogP contribution < -0.4 is 5.32 Å². The van der Waals surface area contributed by atoms with Crippen LogP contribution in [-0.4, -0.2) is 60.8 Å². The van der Waals surface area contributed by atoms with Crippen molar-refractivity contribution >= 4 is 5.91 Å². The Kier molecular flexibility index (Phi) is 5.65. The van der Waals surface area contributed by atoms with Crippen molar-refractivity contribution in [2.75, 3.05) is 40.4 Å². The highest BCUT2D eigenvalue weighted by atomic mass is 16.5. The first kappa shape index (κ1) is 13.7. The zero-order valence-electron chi connectivity index (χ0n) is 10.6. The van der Waals surface area contributed by atoms with Gasteiger partial charge in [-0.2, -0.15) is 0 Å². The summed E-state index contributed by atoms with van der Waals surface area (Å²) in [4.78, 5) is 17.6. The topological polar surface area (TPSA) is 59.4 Å². The lowest BCUT2D eigenvalue weighted by Gasteiger charge is -2.10. The van der Waals surface area contributed by atoms with Crippen molar-refractivity contribution in [3.05, 3.63) is 18.2 Å². The molecule has 0 aliphatic heterocycles. The van der Waals surface area contributed by atoms with Gasteiger partial charge in [-0.25, -0.2) is 4.98 Å². The quantitative estimate of drug-likeness (QED) is 0.666. The zero-order valence-corrected chi connectivity index (χ0v) is 10.6. The molecular formula is C11H20N4O2. The number of nitrogens with one attached hydrogen (secondary N) is 1. The maximum absolute atomic E-state index is 11.6. The molecule has 0 saturated carbocycles. The number of likely N-dealkylation sites (N-methyl/N-ethyl adjacent to an activating group) is 1. The van der Waals surface area contributed by atoms with Crippen molar-refractivity contribution in [3.8, 4) is 0 Å².